The van der Waals surface area contributed by atoms with E-state index in [0.717, 1.165) is 0 Å². The van der Waals surface area contributed by atoms with Gasteiger partial charge in [-0.25, -0.2) is 0 Å². The van der Waals surface area contributed by atoms with Crippen LogP contribution in [0.5, 0.6) is 34.5 Å². The van der Waals surface area contributed by atoms with E-state index in [9.17, 15) is 19.8 Å². The van der Waals surface area contributed by atoms with Gasteiger partial charge in [0.1, 0.15) is 11.8 Å². The second-order valence-electron chi connectivity index (χ2n) is 7.80. The SMILES string of the molecule is COC(=O)[C@@H]1[C@@H](C(=O)OC)[C@H](c2cc(OC)c(O)c(OC)c2Br)O[C@H]1c1cc(OC)c(O)c(OC)c1Br. The van der Waals surface area contributed by atoms with Crippen LogP contribution in [-0.4, -0.2) is 64.8 Å². The molecular weight excluding hydrogens is 624 g/mol. The molecule has 0 bridgehead atoms. The van der Waals surface area contributed by atoms with Gasteiger partial charge in [0.15, 0.2) is 23.0 Å². The Morgan fingerprint density at radius 1 is 0.703 bits per heavy atom. The van der Waals surface area contributed by atoms with E-state index in [2.05, 4.69) is 31.9 Å². The number of carbonyl (C=O) groups is 2. The summed E-state index contributed by atoms with van der Waals surface area (Å²) in [5.41, 5.74) is 0.680. The highest BCUT2D eigenvalue weighted by Gasteiger charge is 2.55. The molecular formula is C24H26Br2O11. The van der Waals surface area contributed by atoms with Gasteiger partial charge in [-0.3, -0.25) is 9.59 Å². The molecule has 1 saturated heterocycles. The van der Waals surface area contributed by atoms with Crippen LogP contribution >= 0.6 is 31.9 Å². The fourth-order valence-electron chi connectivity index (χ4n) is 4.39. The molecule has 0 saturated carbocycles. The minimum Gasteiger partial charge on any atom is -0.502 e. The number of benzene rings is 2. The van der Waals surface area contributed by atoms with Crippen molar-refractivity contribution in [3.8, 4) is 34.5 Å². The summed E-state index contributed by atoms with van der Waals surface area (Å²) in [5, 5.41) is 21.0. The quantitative estimate of drug-likeness (QED) is 0.401. The molecule has 2 aromatic rings. The number of hydrogen-bond donors (Lipinski definition) is 2. The Kier molecular flexibility index (Phi) is 9.03. The maximum absolute atomic E-state index is 13.1. The van der Waals surface area contributed by atoms with Gasteiger partial charge in [0.2, 0.25) is 11.5 Å². The van der Waals surface area contributed by atoms with Crippen LogP contribution in [0.3, 0.4) is 0 Å². The summed E-state index contributed by atoms with van der Waals surface area (Å²) in [7, 11) is 7.79. The van der Waals surface area contributed by atoms with Gasteiger partial charge < -0.3 is 43.4 Å². The lowest BCUT2D eigenvalue weighted by molar-refractivity contribution is -0.157. The molecule has 37 heavy (non-hydrogen) atoms. The fourth-order valence-corrected chi connectivity index (χ4v) is 5.77. The highest BCUT2D eigenvalue weighted by molar-refractivity contribution is 9.11. The Morgan fingerprint density at radius 2 is 1.05 bits per heavy atom. The Labute approximate surface area is 229 Å². The first-order valence-electron chi connectivity index (χ1n) is 10.7. The summed E-state index contributed by atoms with van der Waals surface area (Å²) in [6.45, 7) is 0. The van der Waals surface area contributed by atoms with Crippen molar-refractivity contribution in [1.29, 1.82) is 0 Å². The number of phenols is 2. The molecule has 13 heteroatoms. The van der Waals surface area contributed by atoms with Crippen LogP contribution < -0.4 is 18.9 Å². The van der Waals surface area contributed by atoms with Gasteiger partial charge in [0.25, 0.3) is 0 Å². The van der Waals surface area contributed by atoms with Crippen LogP contribution in [-0.2, 0) is 23.8 Å². The lowest BCUT2D eigenvalue weighted by Crippen LogP contribution is -2.33. The van der Waals surface area contributed by atoms with Crippen LogP contribution in [0.15, 0.2) is 21.1 Å². The van der Waals surface area contributed by atoms with Crippen molar-refractivity contribution in [2.45, 2.75) is 12.2 Å². The first-order chi connectivity index (χ1) is 17.6. The second-order valence-corrected chi connectivity index (χ2v) is 9.39. The molecule has 2 aromatic carbocycles. The summed E-state index contributed by atoms with van der Waals surface area (Å²) in [5.74, 6) is -4.25. The van der Waals surface area contributed by atoms with Gasteiger partial charge in [0.05, 0.1) is 63.8 Å². The van der Waals surface area contributed by atoms with E-state index in [1.165, 1.54) is 54.8 Å². The number of ether oxygens (including phenoxy) is 7. The smallest absolute Gasteiger partial charge is 0.312 e. The monoisotopic (exact) mass is 648 g/mol. The molecule has 2 N–H and O–H groups in total. The number of aromatic hydroxyl groups is 2. The third kappa shape index (κ3) is 4.87. The average molecular weight is 650 g/mol. The zero-order chi connectivity index (χ0) is 27.6. The van der Waals surface area contributed by atoms with Crippen molar-refractivity contribution in [2.24, 2.45) is 11.8 Å². The molecule has 1 fully saturated rings. The van der Waals surface area contributed by atoms with Crippen molar-refractivity contribution in [3.63, 3.8) is 0 Å². The summed E-state index contributed by atoms with van der Waals surface area (Å²) < 4.78 is 38.3. The summed E-state index contributed by atoms with van der Waals surface area (Å²) in [6.07, 6.45) is -2.20. The van der Waals surface area contributed by atoms with Crippen LogP contribution in [0.4, 0.5) is 0 Å². The number of esters is 2. The normalized spacial score (nSPS) is 20.8. The lowest BCUT2D eigenvalue weighted by Gasteiger charge is -2.23. The first-order valence-corrected chi connectivity index (χ1v) is 12.3. The molecule has 4 atom stereocenters. The Bertz CT molecular complexity index is 1110. The molecule has 11 nitrogen and oxygen atoms in total. The standard InChI is InChI=1S/C24H26Br2O11/c1-31-11-7-9(15(25)21(33-3)17(11)27)19-13(23(29)35-5)14(24(30)36-6)20(37-19)10-8-12(32-2)18(28)22(34-4)16(10)26/h7-8,13-14,19-20,27-28H,1-6H3/t13-,14-,19+,20+/m1/s1. The number of hydrogen-bond acceptors (Lipinski definition) is 11. The van der Waals surface area contributed by atoms with Crippen LogP contribution in [0.2, 0.25) is 0 Å². The molecule has 0 amide bonds. The zero-order valence-corrected chi connectivity index (χ0v) is 24.0. The van der Waals surface area contributed by atoms with Gasteiger partial charge in [-0.1, -0.05) is 0 Å². The predicted molar refractivity (Wildman–Crippen MR) is 135 cm³/mol. The molecule has 1 aliphatic heterocycles. The van der Waals surface area contributed by atoms with E-state index in [1.54, 1.807) is 0 Å². The van der Waals surface area contributed by atoms with Crippen molar-refractivity contribution < 1.29 is 53.0 Å². The summed E-state index contributed by atoms with van der Waals surface area (Å²) in [6, 6.07) is 2.93. The highest BCUT2D eigenvalue weighted by Crippen LogP contribution is 2.57. The Hall–Kier alpha value is -2.90. The van der Waals surface area contributed by atoms with E-state index < -0.39 is 36.0 Å². The van der Waals surface area contributed by atoms with Gasteiger partial charge in [-0.15, -0.1) is 0 Å². The molecule has 0 spiro atoms. The number of carbonyl (C=O) groups excluding carboxylic acids is 2. The first kappa shape index (κ1) is 28.7. The molecule has 1 heterocycles. The molecule has 202 valence electrons. The summed E-state index contributed by atoms with van der Waals surface area (Å²) in [4.78, 5) is 26.3. The molecule has 3 rings (SSSR count). The van der Waals surface area contributed by atoms with E-state index in [-0.39, 0.29) is 43.4 Å². The largest absolute Gasteiger partial charge is 0.502 e. The van der Waals surface area contributed by atoms with Crippen molar-refractivity contribution in [3.05, 3.63) is 32.2 Å². The van der Waals surface area contributed by atoms with Crippen LogP contribution in [0, 0.1) is 11.8 Å². The van der Waals surface area contributed by atoms with Crippen LogP contribution in [0.1, 0.15) is 23.3 Å². The van der Waals surface area contributed by atoms with Crippen molar-refractivity contribution in [1.82, 2.24) is 0 Å². The Morgan fingerprint density at radius 3 is 1.32 bits per heavy atom. The maximum Gasteiger partial charge on any atom is 0.312 e. The van der Waals surface area contributed by atoms with Crippen molar-refractivity contribution >= 4 is 43.8 Å². The van der Waals surface area contributed by atoms with Gasteiger partial charge in [-0.2, -0.15) is 0 Å². The Balaban J connectivity index is 2.33. The summed E-state index contributed by atoms with van der Waals surface area (Å²) >= 11 is 6.83. The van der Waals surface area contributed by atoms with E-state index in [0.29, 0.717) is 11.1 Å². The third-order valence-corrected chi connectivity index (χ3v) is 7.75. The number of halogens is 2. The number of phenolic OH excluding ortho intramolecular Hbond substituents is 2. The predicted octanol–water partition coefficient (Wildman–Crippen LogP) is 4.05. The lowest BCUT2D eigenvalue weighted by atomic mass is 9.82. The maximum atomic E-state index is 13.1. The zero-order valence-electron chi connectivity index (χ0n) is 20.8. The second kappa shape index (κ2) is 11.7. The minimum atomic E-state index is -1.20. The van der Waals surface area contributed by atoms with Gasteiger partial charge in [0, 0.05) is 11.1 Å². The highest BCUT2D eigenvalue weighted by atomic mass is 79.9. The van der Waals surface area contributed by atoms with E-state index in [1.807, 2.05) is 0 Å². The molecule has 0 radical (unpaired) electrons. The van der Waals surface area contributed by atoms with E-state index in [4.69, 9.17) is 33.2 Å². The average Bonchev–Trinajstić information content (AvgIpc) is 3.28. The topological polar surface area (TPSA) is 139 Å². The minimum absolute atomic E-state index is 0.0359. The molecule has 0 aliphatic carbocycles. The van der Waals surface area contributed by atoms with Gasteiger partial charge in [-0.05, 0) is 44.0 Å². The van der Waals surface area contributed by atoms with E-state index >= 15 is 0 Å². The van der Waals surface area contributed by atoms with Gasteiger partial charge >= 0.3 is 11.9 Å². The van der Waals surface area contributed by atoms with Crippen molar-refractivity contribution in [2.75, 3.05) is 42.7 Å². The molecule has 0 aromatic heterocycles. The molecule has 1 aliphatic rings. The molecule has 0 unspecified atom stereocenters. The fraction of sp³-hybridized carbons (Fsp3) is 0.417. The number of methoxy groups -OCH3 is 6. The number of rotatable bonds is 8. The third-order valence-electron chi connectivity index (χ3n) is 6.12. The van der Waals surface area contributed by atoms with Crippen LogP contribution in [0.25, 0.3) is 0 Å².